The smallest absolute Gasteiger partial charge is 0.256 e. The predicted octanol–water partition coefficient (Wildman–Crippen LogP) is 3.01. The number of para-hydroxylation sites is 2. The Hall–Kier alpha value is -3.19. The van der Waals surface area contributed by atoms with E-state index in [9.17, 15) is 9.59 Å². The Bertz CT molecular complexity index is 1120. The lowest BCUT2D eigenvalue weighted by Gasteiger charge is -2.36. The maximum absolute atomic E-state index is 13.4. The molecule has 2 heterocycles. The van der Waals surface area contributed by atoms with Crippen LogP contribution in [0.4, 0.5) is 5.69 Å². The molecule has 0 bridgehead atoms. The van der Waals surface area contributed by atoms with Crippen LogP contribution in [0.5, 0.6) is 5.75 Å². The zero-order valence-corrected chi connectivity index (χ0v) is 18.4. The van der Waals surface area contributed by atoms with Crippen molar-refractivity contribution in [2.45, 2.75) is 6.54 Å². The second-order valence-corrected chi connectivity index (χ2v) is 7.89. The lowest BCUT2D eigenvalue weighted by Crippen LogP contribution is -2.48. The number of methoxy groups -OCH3 is 1. The van der Waals surface area contributed by atoms with Gasteiger partial charge in [0.05, 0.1) is 23.9 Å². The van der Waals surface area contributed by atoms with Gasteiger partial charge in [0.15, 0.2) is 0 Å². The number of amides is 2. The molecule has 4 rings (SSSR count). The van der Waals surface area contributed by atoms with Crippen LogP contribution in [0.3, 0.4) is 0 Å². The number of likely N-dealkylation sites (N-methyl/N-ethyl adjacent to an activating group) is 1. The molecule has 7 nitrogen and oxygen atoms in total. The zero-order valence-electron chi connectivity index (χ0n) is 17.6. The fraction of sp³-hybridized carbons (Fsp3) is 0.304. The third-order valence-electron chi connectivity index (χ3n) is 5.66. The Balaban J connectivity index is 1.56. The van der Waals surface area contributed by atoms with E-state index in [2.05, 4.69) is 10.2 Å². The van der Waals surface area contributed by atoms with E-state index in [-0.39, 0.29) is 18.4 Å². The normalized spacial score (nSPS) is 14.0. The summed E-state index contributed by atoms with van der Waals surface area (Å²) in [6, 6.07) is 13.3. The summed E-state index contributed by atoms with van der Waals surface area (Å²) in [7, 11) is 3.26. The lowest BCUT2D eigenvalue weighted by atomic mass is 10.1. The highest BCUT2D eigenvalue weighted by Gasteiger charge is 2.26. The summed E-state index contributed by atoms with van der Waals surface area (Å²) in [5.74, 6) is 0.653. The molecule has 0 atom stereocenters. The average molecular weight is 441 g/mol. The molecule has 31 heavy (non-hydrogen) atoms. The fourth-order valence-corrected chi connectivity index (χ4v) is 4.18. The number of ether oxygens (including phenoxy) is 1. The van der Waals surface area contributed by atoms with Crippen LogP contribution in [-0.4, -0.2) is 61.6 Å². The van der Waals surface area contributed by atoms with E-state index in [1.165, 1.54) is 0 Å². The molecule has 3 aromatic rings. The molecule has 1 aliphatic rings. The second-order valence-electron chi connectivity index (χ2n) is 7.46. The van der Waals surface area contributed by atoms with Crippen LogP contribution in [0.15, 0.2) is 48.7 Å². The first-order valence-corrected chi connectivity index (χ1v) is 10.6. The van der Waals surface area contributed by atoms with Crippen LogP contribution < -0.4 is 15.0 Å². The molecule has 0 radical (unpaired) electrons. The molecule has 8 heteroatoms. The van der Waals surface area contributed by atoms with Crippen LogP contribution in [0.2, 0.25) is 5.02 Å². The number of rotatable bonds is 5. The van der Waals surface area contributed by atoms with Gasteiger partial charge in [0.2, 0.25) is 5.91 Å². The fourth-order valence-electron chi connectivity index (χ4n) is 4.01. The second kappa shape index (κ2) is 8.89. The minimum absolute atomic E-state index is 0.0392. The van der Waals surface area contributed by atoms with Crippen LogP contribution in [0.25, 0.3) is 10.9 Å². The van der Waals surface area contributed by atoms with Gasteiger partial charge in [-0.15, -0.1) is 0 Å². The zero-order chi connectivity index (χ0) is 22.0. The van der Waals surface area contributed by atoms with E-state index in [0.29, 0.717) is 23.7 Å². The summed E-state index contributed by atoms with van der Waals surface area (Å²) < 4.78 is 7.25. The molecule has 0 saturated carbocycles. The topological polar surface area (TPSA) is 66.8 Å². The van der Waals surface area contributed by atoms with Gasteiger partial charge in [0.25, 0.3) is 5.91 Å². The number of nitrogens with zero attached hydrogens (tertiary/aromatic N) is 3. The lowest BCUT2D eigenvalue weighted by molar-refractivity contribution is -0.121. The molecule has 2 amide bonds. The van der Waals surface area contributed by atoms with Crippen molar-refractivity contribution in [3.63, 3.8) is 0 Å². The minimum atomic E-state index is -0.138. The number of piperazine rings is 1. The number of carbonyl (C=O) groups is 2. The van der Waals surface area contributed by atoms with Crippen LogP contribution in [0, 0.1) is 0 Å². The van der Waals surface area contributed by atoms with Gasteiger partial charge in [-0.05, 0) is 24.3 Å². The molecule has 1 N–H and O–H groups in total. The Morgan fingerprint density at radius 3 is 2.55 bits per heavy atom. The van der Waals surface area contributed by atoms with E-state index in [1.807, 2.05) is 35.2 Å². The number of fused-ring (bicyclic) bond motifs is 1. The van der Waals surface area contributed by atoms with Gasteiger partial charge in [-0.3, -0.25) is 9.59 Å². The Kier molecular flexibility index (Phi) is 6.04. The molecule has 2 aromatic carbocycles. The van der Waals surface area contributed by atoms with Crippen LogP contribution >= 0.6 is 11.6 Å². The summed E-state index contributed by atoms with van der Waals surface area (Å²) in [6.45, 7) is 2.77. The standard InChI is InChI=1S/C23H25ClN4O3/c1-25-22(29)15-28-14-18(17-8-7-16(24)13-20(17)28)23(30)27-11-9-26(10-12-27)19-5-3-4-6-21(19)31-2/h3-8,13-14H,9-12,15H2,1-2H3,(H,25,29). The van der Waals surface area contributed by atoms with Crippen molar-refractivity contribution in [2.75, 3.05) is 45.2 Å². The first kappa shape index (κ1) is 21.1. The van der Waals surface area contributed by atoms with E-state index >= 15 is 0 Å². The van der Waals surface area contributed by atoms with Gasteiger partial charge in [0.1, 0.15) is 12.3 Å². The van der Waals surface area contributed by atoms with Crippen molar-refractivity contribution < 1.29 is 14.3 Å². The van der Waals surface area contributed by atoms with Gasteiger partial charge < -0.3 is 24.4 Å². The minimum Gasteiger partial charge on any atom is -0.495 e. The molecule has 1 aliphatic heterocycles. The van der Waals surface area contributed by atoms with Crippen molar-refractivity contribution in [3.8, 4) is 5.75 Å². The average Bonchev–Trinajstić information content (AvgIpc) is 3.15. The number of aromatic nitrogens is 1. The van der Waals surface area contributed by atoms with E-state index in [0.717, 1.165) is 35.4 Å². The third-order valence-corrected chi connectivity index (χ3v) is 5.90. The molecule has 1 aromatic heterocycles. The number of carbonyl (C=O) groups excluding carboxylic acids is 2. The van der Waals surface area contributed by atoms with Crippen molar-refractivity contribution >= 4 is 40.0 Å². The molecular formula is C23H25ClN4O3. The molecule has 1 fully saturated rings. The monoisotopic (exact) mass is 440 g/mol. The van der Waals surface area contributed by atoms with Crippen LogP contribution in [0.1, 0.15) is 10.4 Å². The van der Waals surface area contributed by atoms with Gasteiger partial charge in [-0.1, -0.05) is 29.8 Å². The van der Waals surface area contributed by atoms with Gasteiger partial charge in [-0.25, -0.2) is 0 Å². The molecule has 1 saturated heterocycles. The quantitative estimate of drug-likeness (QED) is 0.662. The number of anilines is 1. The Morgan fingerprint density at radius 1 is 1.10 bits per heavy atom. The van der Waals surface area contributed by atoms with E-state index < -0.39 is 0 Å². The van der Waals surface area contributed by atoms with Crippen molar-refractivity contribution in [1.82, 2.24) is 14.8 Å². The number of hydrogen-bond acceptors (Lipinski definition) is 4. The van der Waals surface area contributed by atoms with Gasteiger partial charge in [-0.2, -0.15) is 0 Å². The van der Waals surface area contributed by atoms with E-state index in [1.54, 1.807) is 37.1 Å². The first-order valence-electron chi connectivity index (χ1n) is 10.2. The Morgan fingerprint density at radius 2 is 1.84 bits per heavy atom. The highest BCUT2D eigenvalue weighted by molar-refractivity contribution is 6.31. The third kappa shape index (κ3) is 4.18. The predicted molar refractivity (Wildman–Crippen MR) is 122 cm³/mol. The van der Waals surface area contributed by atoms with Crippen molar-refractivity contribution in [3.05, 3.63) is 59.2 Å². The van der Waals surface area contributed by atoms with E-state index in [4.69, 9.17) is 16.3 Å². The summed E-state index contributed by atoms with van der Waals surface area (Å²) in [5.41, 5.74) is 2.39. The molecular weight excluding hydrogens is 416 g/mol. The molecule has 0 spiro atoms. The number of nitrogens with one attached hydrogen (secondary N) is 1. The maximum Gasteiger partial charge on any atom is 0.256 e. The van der Waals surface area contributed by atoms with Crippen molar-refractivity contribution in [1.29, 1.82) is 0 Å². The van der Waals surface area contributed by atoms with Gasteiger partial charge in [0, 0.05) is 49.8 Å². The SMILES string of the molecule is CNC(=O)Cn1cc(C(=O)N2CCN(c3ccccc3OC)CC2)c2ccc(Cl)cc21. The van der Waals surface area contributed by atoms with Crippen molar-refractivity contribution in [2.24, 2.45) is 0 Å². The van der Waals surface area contributed by atoms with Crippen LogP contribution in [-0.2, 0) is 11.3 Å². The highest BCUT2D eigenvalue weighted by atomic mass is 35.5. The molecule has 0 unspecified atom stereocenters. The Labute approximate surface area is 186 Å². The highest BCUT2D eigenvalue weighted by Crippen LogP contribution is 2.30. The summed E-state index contributed by atoms with van der Waals surface area (Å²) in [5, 5.41) is 3.98. The van der Waals surface area contributed by atoms with Gasteiger partial charge >= 0.3 is 0 Å². The molecule has 0 aliphatic carbocycles. The number of hydrogen-bond donors (Lipinski definition) is 1. The molecule has 162 valence electrons. The first-order chi connectivity index (χ1) is 15.0. The summed E-state index contributed by atoms with van der Waals surface area (Å²) >= 11 is 6.17. The summed E-state index contributed by atoms with van der Waals surface area (Å²) in [4.78, 5) is 29.4. The summed E-state index contributed by atoms with van der Waals surface area (Å²) in [6.07, 6.45) is 1.76. The number of halogens is 1. The number of benzene rings is 2. The largest absolute Gasteiger partial charge is 0.495 e. The maximum atomic E-state index is 13.4.